The fraction of sp³-hybridized carbons (Fsp3) is 0.478. The van der Waals surface area contributed by atoms with Gasteiger partial charge in [-0.25, -0.2) is 13.4 Å². The molecule has 4 rings (SSSR count). The van der Waals surface area contributed by atoms with Gasteiger partial charge in [-0.15, -0.1) is 0 Å². The van der Waals surface area contributed by atoms with E-state index in [0.29, 0.717) is 26.2 Å². The molecule has 2 fully saturated rings. The molecule has 0 aliphatic carbocycles. The summed E-state index contributed by atoms with van der Waals surface area (Å²) >= 11 is 0. The van der Waals surface area contributed by atoms with Gasteiger partial charge in [0.15, 0.2) is 0 Å². The standard InChI is InChI=1S/C23H32N6O3S/c1-26-9-15-29(16-10-26)33(31,32)21-7-8-22(24-18-21)28-13-11-27(12-14-28)19-23(30)25-17-20-5-3-2-4-6-20/h2-8,18H,9-17,19H2,1H3,(H,25,30). The topological polar surface area (TPSA) is 89.1 Å². The van der Waals surface area contributed by atoms with Gasteiger partial charge in [-0.05, 0) is 24.7 Å². The van der Waals surface area contributed by atoms with Crippen LogP contribution in [-0.2, 0) is 21.4 Å². The summed E-state index contributed by atoms with van der Waals surface area (Å²) in [5, 5.41) is 2.97. The lowest BCUT2D eigenvalue weighted by atomic mass is 10.2. The molecule has 2 aromatic rings. The Hall–Kier alpha value is -2.53. The fourth-order valence-corrected chi connectivity index (χ4v) is 5.45. The van der Waals surface area contributed by atoms with Gasteiger partial charge in [-0.1, -0.05) is 30.3 Å². The lowest BCUT2D eigenvalue weighted by Crippen LogP contribution is -2.49. The number of carbonyl (C=O) groups is 1. The zero-order valence-corrected chi connectivity index (χ0v) is 19.9. The summed E-state index contributed by atoms with van der Waals surface area (Å²) in [6.45, 7) is 6.36. The number of sulfonamides is 1. The highest BCUT2D eigenvalue weighted by Crippen LogP contribution is 2.20. The van der Waals surface area contributed by atoms with Gasteiger partial charge in [0.2, 0.25) is 15.9 Å². The molecule has 0 saturated carbocycles. The maximum atomic E-state index is 12.9. The molecular formula is C23H32N6O3S. The van der Waals surface area contributed by atoms with Crippen molar-refractivity contribution in [2.45, 2.75) is 11.4 Å². The molecule has 1 aromatic heterocycles. The number of hydrogen-bond acceptors (Lipinski definition) is 7. The van der Waals surface area contributed by atoms with Crippen LogP contribution in [0, 0.1) is 0 Å². The van der Waals surface area contributed by atoms with Crippen LogP contribution in [-0.4, -0.2) is 99.4 Å². The van der Waals surface area contributed by atoms with Gasteiger partial charge in [0.05, 0.1) is 6.54 Å². The van der Waals surface area contributed by atoms with Crippen molar-refractivity contribution in [1.29, 1.82) is 0 Å². The number of amides is 1. The van der Waals surface area contributed by atoms with Gasteiger partial charge in [-0.3, -0.25) is 9.69 Å². The number of nitrogens with zero attached hydrogens (tertiary/aromatic N) is 5. The third-order valence-corrected chi connectivity index (χ3v) is 8.10. The molecule has 9 nitrogen and oxygen atoms in total. The molecule has 3 heterocycles. The molecule has 0 spiro atoms. The molecule has 1 N–H and O–H groups in total. The Labute approximate surface area is 196 Å². The van der Waals surface area contributed by atoms with Crippen molar-refractivity contribution < 1.29 is 13.2 Å². The van der Waals surface area contributed by atoms with Crippen LogP contribution < -0.4 is 10.2 Å². The molecule has 0 atom stereocenters. The maximum Gasteiger partial charge on any atom is 0.244 e. The average molecular weight is 473 g/mol. The van der Waals surface area contributed by atoms with E-state index in [1.165, 1.54) is 10.5 Å². The van der Waals surface area contributed by atoms with Crippen LogP contribution in [0.5, 0.6) is 0 Å². The van der Waals surface area contributed by atoms with E-state index in [2.05, 4.69) is 25.0 Å². The van der Waals surface area contributed by atoms with Crippen LogP contribution in [0.4, 0.5) is 5.82 Å². The van der Waals surface area contributed by atoms with Gasteiger partial charge in [0.25, 0.3) is 0 Å². The van der Waals surface area contributed by atoms with E-state index in [4.69, 9.17) is 0 Å². The minimum atomic E-state index is -3.51. The second-order valence-corrected chi connectivity index (χ2v) is 10.5. The Morgan fingerprint density at radius 1 is 0.939 bits per heavy atom. The molecule has 2 aliphatic heterocycles. The van der Waals surface area contributed by atoms with E-state index in [-0.39, 0.29) is 10.8 Å². The zero-order chi connectivity index (χ0) is 23.3. The van der Waals surface area contributed by atoms with E-state index in [1.807, 2.05) is 37.4 Å². The molecule has 0 radical (unpaired) electrons. The predicted molar refractivity (Wildman–Crippen MR) is 127 cm³/mol. The van der Waals surface area contributed by atoms with Crippen LogP contribution >= 0.6 is 0 Å². The Balaban J connectivity index is 1.25. The molecule has 33 heavy (non-hydrogen) atoms. The highest BCUT2D eigenvalue weighted by Gasteiger charge is 2.28. The van der Waals surface area contributed by atoms with E-state index in [1.54, 1.807) is 12.1 Å². The number of pyridine rings is 1. The molecule has 1 aromatic carbocycles. The van der Waals surface area contributed by atoms with Crippen LogP contribution in [0.15, 0.2) is 53.6 Å². The summed E-state index contributed by atoms with van der Waals surface area (Å²) in [6, 6.07) is 13.3. The number of piperazine rings is 2. The lowest BCUT2D eigenvalue weighted by Gasteiger charge is -2.35. The van der Waals surface area contributed by atoms with E-state index < -0.39 is 10.0 Å². The Bertz CT molecular complexity index is 1020. The van der Waals surface area contributed by atoms with E-state index in [0.717, 1.165) is 50.6 Å². The molecule has 0 bridgehead atoms. The molecule has 10 heteroatoms. The Kier molecular flexibility index (Phi) is 7.59. The lowest BCUT2D eigenvalue weighted by molar-refractivity contribution is -0.122. The number of nitrogens with one attached hydrogen (secondary N) is 1. The summed E-state index contributed by atoms with van der Waals surface area (Å²) in [7, 11) is -1.51. The summed E-state index contributed by atoms with van der Waals surface area (Å²) in [5.41, 5.74) is 1.08. The third kappa shape index (κ3) is 6.08. The first-order valence-corrected chi connectivity index (χ1v) is 12.8. The molecule has 178 valence electrons. The number of likely N-dealkylation sites (N-methyl/N-ethyl adjacent to an activating group) is 1. The molecule has 2 aliphatic rings. The van der Waals surface area contributed by atoms with E-state index >= 15 is 0 Å². The van der Waals surface area contributed by atoms with Crippen LogP contribution in [0.1, 0.15) is 5.56 Å². The number of benzene rings is 1. The van der Waals surface area contributed by atoms with Crippen molar-refractivity contribution in [3.63, 3.8) is 0 Å². The smallest absolute Gasteiger partial charge is 0.244 e. The van der Waals surface area contributed by atoms with Crippen molar-refractivity contribution in [2.75, 3.05) is 70.9 Å². The minimum absolute atomic E-state index is 0.0175. The monoisotopic (exact) mass is 472 g/mol. The number of aromatic nitrogens is 1. The van der Waals surface area contributed by atoms with Gasteiger partial charge in [-0.2, -0.15) is 4.31 Å². The second-order valence-electron chi connectivity index (χ2n) is 8.58. The van der Waals surface area contributed by atoms with Crippen LogP contribution in [0.3, 0.4) is 0 Å². The van der Waals surface area contributed by atoms with Crippen molar-refractivity contribution >= 4 is 21.7 Å². The Morgan fingerprint density at radius 3 is 2.27 bits per heavy atom. The van der Waals surface area contributed by atoms with Crippen LogP contribution in [0.25, 0.3) is 0 Å². The summed E-state index contributed by atoms with van der Waals surface area (Å²) in [4.78, 5) is 23.3. The largest absolute Gasteiger partial charge is 0.354 e. The first kappa shape index (κ1) is 23.6. The molecule has 0 unspecified atom stereocenters. The predicted octanol–water partition coefficient (Wildman–Crippen LogP) is 0.456. The number of carbonyl (C=O) groups excluding carboxylic acids is 1. The number of anilines is 1. The Morgan fingerprint density at radius 2 is 1.64 bits per heavy atom. The maximum absolute atomic E-state index is 12.9. The first-order chi connectivity index (χ1) is 15.9. The highest BCUT2D eigenvalue weighted by molar-refractivity contribution is 7.89. The van der Waals surface area contributed by atoms with Crippen molar-refractivity contribution in [1.82, 2.24) is 24.4 Å². The first-order valence-electron chi connectivity index (χ1n) is 11.3. The fourth-order valence-electron chi connectivity index (χ4n) is 4.08. The van der Waals surface area contributed by atoms with E-state index in [9.17, 15) is 13.2 Å². The van der Waals surface area contributed by atoms with Crippen molar-refractivity contribution in [3.8, 4) is 0 Å². The zero-order valence-electron chi connectivity index (χ0n) is 19.1. The number of rotatable bonds is 7. The van der Waals surface area contributed by atoms with Gasteiger partial charge < -0.3 is 15.1 Å². The molecule has 1 amide bonds. The summed E-state index contributed by atoms with van der Waals surface area (Å²) < 4.78 is 27.3. The van der Waals surface area contributed by atoms with Gasteiger partial charge >= 0.3 is 0 Å². The van der Waals surface area contributed by atoms with Crippen LogP contribution in [0.2, 0.25) is 0 Å². The molecule has 2 saturated heterocycles. The summed E-state index contributed by atoms with van der Waals surface area (Å²) in [5.74, 6) is 0.782. The van der Waals surface area contributed by atoms with Gasteiger partial charge in [0, 0.05) is 65.1 Å². The van der Waals surface area contributed by atoms with Crippen molar-refractivity contribution in [3.05, 3.63) is 54.2 Å². The SMILES string of the molecule is CN1CCN(S(=O)(=O)c2ccc(N3CCN(CC(=O)NCc4ccccc4)CC3)nc2)CC1. The number of hydrogen-bond donors (Lipinski definition) is 1. The van der Waals surface area contributed by atoms with Crippen molar-refractivity contribution in [2.24, 2.45) is 0 Å². The molecular weight excluding hydrogens is 440 g/mol. The average Bonchev–Trinajstić information content (AvgIpc) is 2.84. The minimum Gasteiger partial charge on any atom is -0.354 e. The van der Waals surface area contributed by atoms with Gasteiger partial charge in [0.1, 0.15) is 10.7 Å². The normalized spacial score (nSPS) is 18.9. The quantitative estimate of drug-likeness (QED) is 0.626. The highest BCUT2D eigenvalue weighted by atomic mass is 32.2. The second kappa shape index (κ2) is 10.6. The summed E-state index contributed by atoms with van der Waals surface area (Å²) in [6.07, 6.45) is 1.46. The third-order valence-electron chi connectivity index (χ3n) is 6.22.